The van der Waals surface area contributed by atoms with Crippen molar-refractivity contribution in [3.63, 3.8) is 0 Å². The first-order chi connectivity index (χ1) is 16.4. The van der Waals surface area contributed by atoms with Gasteiger partial charge in [-0.2, -0.15) is 5.10 Å². The van der Waals surface area contributed by atoms with E-state index in [1.54, 1.807) is 36.4 Å². The minimum absolute atomic E-state index is 0. The smallest absolute Gasteiger partial charge is 0.333 e. The number of halogens is 1. The molecule has 0 aromatic heterocycles. The molecule has 1 fully saturated rings. The van der Waals surface area contributed by atoms with E-state index in [1.807, 2.05) is 24.3 Å². The highest BCUT2D eigenvalue weighted by atomic mass is 35.5. The van der Waals surface area contributed by atoms with Gasteiger partial charge in [-0.25, -0.2) is 14.5 Å². The Hall–Kier alpha value is -4.18. The number of esters is 1. The van der Waals surface area contributed by atoms with Crippen LogP contribution < -0.4 is 11.2 Å². The number of nitrogens with one attached hydrogen (secondary N) is 1. The van der Waals surface area contributed by atoms with Gasteiger partial charge in [0, 0.05) is 19.2 Å². The number of carbonyl (C=O) groups is 4. The van der Waals surface area contributed by atoms with E-state index in [2.05, 4.69) is 10.4 Å². The zero-order valence-electron chi connectivity index (χ0n) is 19.0. The second-order valence-electron chi connectivity index (χ2n) is 7.37. The third-order valence-electron chi connectivity index (χ3n) is 5.14. The number of carbonyl (C=O) groups excluding carboxylic acids is 4. The number of nitrogens with zero attached hydrogens (tertiary/aromatic N) is 3. The average molecular weight is 500 g/mol. The molecule has 3 rings (SSSR count). The standard InChI is InChI=1S/C24H25N5O5.ClH/c1-34-23(32)22(19-5-3-2-4-6-19)29-21(31)16-28(24(29)33)14-13-26-20(30)12-11-17-7-9-18(10-8-17)15-27-25;/h2-12,15,22H,13-14,16,25H2,1H3,(H,26,30);1H. The summed E-state index contributed by atoms with van der Waals surface area (Å²) in [5.41, 5.74) is 2.12. The number of hydrogen-bond donors (Lipinski definition) is 2. The summed E-state index contributed by atoms with van der Waals surface area (Å²) in [5, 5.41) is 6.12. The van der Waals surface area contributed by atoms with Crippen molar-refractivity contribution in [2.24, 2.45) is 10.9 Å². The summed E-state index contributed by atoms with van der Waals surface area (Å²) in [4.78, 5) is 52.2. The minimum atomic E-state index is -1.17. The molecular weight excluding hydrogens is 474 g/mol. The third kappa shape index (κ3) is 6.90. The number of ether oxygens (including phenoxy) is 1. The van der Waals surface area contributed by atoms with Crippen LogP contribution >= 0.6 is 12.4 Å². The van der Waals surface area contributed by atoms with Crippen LogP contribution in [0.5, 0.6) is 0 Å². The number of imide groups is 1. The van der Waals surface area contributed by atoms with Crippen LogP contribution in [0, 0.1) is 0 Å². The van der Waals surface area contributed by atoms with Crippen molar-refractivity contribution < 1.29 is 23.9 Å². The van der Waals surface area contributed by atoms with Crippen LogP contribution in [0.25, 0.3) is 6.08 Å². The van der Waals surface area contributed by atoms with E-state index in [9.17, 15) is 19.2 Å². The molecule has 0 spiro atoms. The van der Waals surface area contributed by atoms with E-state index in [1.165, 1.54) is 24.3 Å². The van der Waals surface area contributed by atoms with Crippen molar-refractivity contribution in [1.29, 1.82) is 0 Å². The van der Waals surface area contributed by atoms with E-state index < -0.39 is 23.9 Å². The first kappa shape index (κ1) is 27.1. The molecule has 1 saturated heterocycles. The maximum Gasteiger partial charge on any atom is 0.333 e. The minimum Gasteiger partial charge on any atom is -0.467 e. The van der Waals surface area contributed by atoms with Gasteiger partial charge in [0.15, 0.2) is 6.04 Å². The second kappa shape index (κ2) is 12.9. The molecule has 10 nitrogen and oxygen atoms in total. The fourth-order valence-electron chi connectivity index (χ4n) is 3.46. The Morgan fingerprint density at radius 1 is 1.11 bits per heavy atom. The lowest BCUT2D eigenvalue weighted by molar-refractivity contribution is -0.149. The molecule has 184 valence electrons. The van der Waals surface area contributed by atoms with Gasteiger partial charge in [0.25, 0.3) is 5.91 Å². The van der Waals surface area contributed by atoms with Gasteiger partial charge in [0.2, 0.25) is 5.91 Å². The Morgan fingerprint density at radius 3 is 2.40 bits per heavy atom. The van der Waals surface area contributed by atoms with Gasteiger partial charge in [-0.15, -0.1) is 12.4 Å². The molecule has 11 heteroatoms. The van der Waals surface area contributed by atoms with E-state index >= 15 is 0 Å². The first-order valence-electron chi connectivity index (χ1n) is 10.5. The number of hydrazone groups is 1. The monoisotopic (exact) mass is 499 g/mol. The van der Waals surface area contributed by atoms with Crippen LogP contribution in [0.3, 0.4) is 0 Å². The number of nitrogens with two attached hydrogens (primary N) is 1. The molecule has 1 unspecified atom stereocenters. The van der Waals surface area contributed by atoms with Crippen molar-refractivity contribution in [3.05, 3.63) is 77.4 Å². The lowest BCUT2D eigenvalue weighted by atomic mass is 10.1. The topological polar surface area (TPSA) is 134 Å². The predicted molar refractivity (Wildman–Crippen MR) is 133 cm³/mol. The van der Waals surface area contributed by atoms with Gasteiger partial charge in [0.05, 0.1) is 13.3 Å². The van der Waals surface area contributed by atoms with Gasteiger partial charge in [-0.1, -0.05) is 54.6 Å². The molecule has 4 amide bonds. The summed E-state index contributed by atoms with van der Waals surface area (Å²) in [6.07, 6.45) is 4.53. The number of amides is 4. The summed E-state index contributed by atoms with van der Waals surface area (Å²) >= 11 is 0. The Balaban J connectivity index is 0.00000432. The van der Waals surface area contributed by atoms with Crippen molar-refractivity contribution in [2.45, 2.75) is 6.04 Å². The summed E-state index contributed by atoms with van der Waals surface area (Å²) < 4.78 is 4.83. The van der Waals surface area contributed by atoms with E-state index in [0.717, 1.165) is 16.0 Å². The molecule has 35 heavy (non-hydrogen) atoms. The normalized spacial score (nSPS) is 14.3. The summed E-state index contributed by atoms with van der Waals surface area (Å²) in [5.74, 6) is 3.53. The number of urea groups is 1. The molecule has 0 bridgehead atoms. The maximum absolute atomic E-state index is 12.9. The fraction of sp³-hybridized carbons (Fsp3) is 0.208. The quantitative estimate of drug-likeness (QED) is 0.135. The third-order valence-corrected chi connectivity index (χ3v) is 5.14. The van der Waals surface area contributed by atoms with Gasteiger partial charge >= 0.3 is 12.0 Å². The van der Waals surface area contributed by atoms with Crippen LogP contribution in [0.15, 0.2) is 65.8 Å². The van der Waals surface area contributed by atoms with Crippen LogP contribution in [0.4, 0.5) is 4.79 Å². The SMILES string of the molecule is COC(=O)C(c1ccccc1)N1C(=O)CN(CCNC(=O)C=Cc2ccc(C=NN)cc2)C1=O.Cl. The summed E-state index contributed by atoms with van der Waals surface area (Å²) in [7, 11) is 1.20. The molecular formula is C24H26ClN5O5. The summed E-state index contributed by atoms with van der Waals surface area (Å²) in [6, 6.07) is 13.9. The Labute approximate surface area is 208 Å². The Kier molecular flexibility index (Phi) is 9.98. The van der Waals surface area contributed by atoms with E-state index in [4.69, 9.17) is 10.6 Å². The van der Waals surface area contributed by atoms with Crippen molar-refractivity contribution in [2.75, 3.05) is 26.7 Å². The number of hydrogen-bond acceptors (Lipinski definition) is 7. The van der Waals surface area contributed by atoms with Gasteiger partial charge in [-0.3, -0.25) is 9.59 Å². The van der Waals surface area contributed by atoms with Crippen LogP contribution in [-0.4, -0.2) is 66.6 Å². The zero-order chi connectivity index (χ0) is 24.5. The molecule has 3 N–H and O–H groups in total. The Bertz CT molecular complexity index is 1110. The molecule has 1 aliphatic rings. The lowest BCUT2D eigenvalue weighted by Crippen LogP contribution is -2.41. The van der Waals surface area contributed by atoms with Crippen LogP contribution in [0.2, 0.25) is 0 Å². The zero-order valence-corrected chi connectivity index (χ0v) is 19.8. The molecule has 0 saturated carbocycles. The van der Waals surface area contributed by atoms with Crippen molar-refractivity contribution in [3.8, 4) is 0 Å². The maximum atomic E-state index is 12.9. The molecule has 1 atom stereocenters. The first-order valence-corrected chi connectivity index (χ1v) is 10.5. The van der Waals surface area contributed by atoms with Crippen molar-refractivity contribution >= 4 is 48.5 Å². The fourth-order valence-corrected chi connectivity index (χ4v) is 3.46. The highest BCUT2D eigenvalue weighted by molar-refractivity contribution is 6.05. The number of rotatable bonds is 9. The Morgan fingerprint density at radius 2 is 1.77 bits per heavy atom. The highest BCUT2D eigenvalue weighted by Gasteiger charge is 2.44. The predicted octanol–water partition coefficient (Wildman–Crippen LogP) is 1.71. The number of methoxy groups -OCH3 is 1. The van der Waals surface area contributed by atoms with Gasteiger partial charge in [-0.05, 0) is 22.8 Å². The lowest BCUT2D eigenvalue weighted by Gasteiger charge is -2.24. The molecule has 0 aliphatic carbocycles. The van der Waals surface area contributed by atoms with Crippen LogP contribution in [-0.2, 0) is 19.1 Å². The number of benzene rings is 2. The largest absolute Gasteiger partial charge is 0.467 e. The average Bonchev–Trinajstić information content (AvgIpc) is 3.12. The van der Waals surface area contributed by atoms with E-state index in [0.29, 0.717) is 5.56 Å². The molecule has 1 heterocycles. The highest BCUT2D eigenvalue weighted by Crippen LogP contribution is 2.27. The molecule has 1 aliphatic heterocycles. The summed E-state index contributed by atoms with van der Waals surface area (Å²) in [6.45, 7) is 0.0515. The van der Waals surface area contributed by atoms with Crippen molar-refractivity contribution in [1.82, 2.24) is 15.1 Å². The van der Waals surface area contributed by atoms with E-state index in [-0.39, 0.29) is 37.9 Å². The second-order valence-corrected chi connectivity index (χ2v) is 7.37. The van der Waals surface area contributed by atoms with Gasteiger partial charge in [0.1, 0.15) is 6.54 Å². The van der Waals surface area contributed by atoms with Gasteiger partial charge < -0.3 is 20.8 Å². The molecule has 0 radical (unpaired) electrons. The molecule has 2 aromatic rings. The van der Waals surface area contributed by atoms with Crippen LogP contribution in [0.1, 0.15) is 22.7 Å². The molecule has 2 aromatic carbocycles.